The van der Waals surface area contributed by atoms with E-state index in [1.807, 2.05) is 48.0 Å². The van der Waals surface area contributed by atoms with Gasteiger partial charge in [0.15, 0.2) is 0 Å². The normalized spacial score (nSPS) is 20.1. The van der Waals surface area contributed by atoms with Crippen LogP contribution < -0.4 is 11.5 Å². The van der Waals surface area contributed by atoms with Crippen LogP contribution >= 0.6 is 0 Å². The molecule has 1 unspecified atom stereocenters. The highest BCUT2D eigenvalue weighted by molar-refractivity contribution is 6.06. The monoisotopic (exact) mass is 343 g/mol. The van der Waals surface area contributed by atoms with Crippen LogP contribution in [0.4, 0.5) is 5.82 Å². The van der Waals surface area contributed by atoms with Gasteiger partial charge in [-0.2, -0.15) is 0 Å². The van der Waals surface area contributed by atoms with Crippen molar-refractivity contribution in [3.63, 3.8) is 0 Å². The van der Waals surface area contributed by atoms with Gasteiger partial charge in [-0.15, -0.1) is 0 Å². The van der Waals surface area contributed by atoms with Crippen LogP contribution in [0.1, 0.15) is 14.0 Å². The Balaban J connectivity index is 1.93. The van der Waals surface area contributed by atoms with Crippen molar-refractivity contribution in [2.45, 2.75) is 19.5 Å². The van der Waals surface area contributed by atoms with E-state index in [4.69, 9.17) is 12.8 Å². The molecule has 2 atom stereocenters. The number of rotatable bonds is 1. The lowest BCUT2D eigenvalue weighted by Gasteiger charge is -2.21. The van der Waals surface area contributed by atoms with Gasteiger partial charge in [0.1, 0.15) is 17.8 Å². The van der Waals surface area contributed by atoms with E-state index in [1.165, 1.54) is 6.33 Å². The van der Waals surface area contributed by atoms with Crippen molar-refractivity contribution in [1.29, 1.82) is 0 Å². The molecule has 0 saturated carbocycles. The molecule has 6 nitrogen and oxygen atoms in total. The number of hydrogen-bond acceptors (Lipinski definition) is 5. The predicted molar refractivity (Wildman–Crippen MR) is 104 cm³/mol. The van der Waals surface area contributed by atoms with Gasteiger partial charge in [-0.3, -0.25) is 4.98 Å². The SMILES string of the molecule is [2H]C1[C@@H](N)C=C(C)c2c(-c3cnc4ccccc4c3)c3c(N)ncnc3n21. The summed E-state index contributed by atoms with van der Waals surface area (Å²) in [6.07, 6.45) is 5.19. The fourth-order valence-electron chi connectivity index (χ4n) is 3.76. The first-order chi connectivity index (χ1) is 13.1. The molecule has 0 amide bonds. The highest BCUT2D eigenvalue weighted by Crippen LogP contribution is 2.41. The maximum absolute atomic E-state index is 8.59. The smallest absolute Gasteiger partial charge is 0.146 e. The van der Waals surface area contributed by atoms with Gasteiger partial charge >= 0.3 is 0 Å². The molecule has 0 bridgehead atoms. The zero-order chi connectivity index (χ0) is 18.7. The second-order valence-electron chi connectivity index (χ2n) is 6.54. The minimum atomic E-state index is -0.678. The summed E-state index contributed by atoms with van der Waals surface area (Å²) in [5, 5.41) is 1.78. The first kappa shape index (κ1) is 14.0. The van der Waals surface area contributed by atoms with E-state index in [0.717, 1.165) is 38.7 Å². The Morgan fingerprint density at radius 3 is 2.96 bits per heavy atom. The Morgan fingerprint density at radius 1 is 1.23 bits per heavy atom. The summed E-state index contributed by atoms with van der Waals surface area (Å²) in [4.78, 5) is 13.2. The van der Waals surface area contributed by atoms with Gasteiger partial charge < -0.3 is 16.0 Å². The van der Waals surface area contributed by atoms with Crippen molar-refractivity contribution in [2.24, 2.45) is 5.73 Å². The van der Waals surface area contributed by atoms with E-state index in [0.29, 0.717) is 11.5 Å². The van der Waals surface area contributed by atoms with Gasteiger partial charge in [-0.1, -0.05) is 24.3 Å². The minimum absolute atomic E-state index is 0.388. The van der Waals surface area contributed by atoms with E-state index in [1.54, 1.807) is 0 Å². The van der Waals surface area contributed by atoms with Crippen LogP contribution in [0.25, 0.3) is 38.6 Å². The number of aromatic nitrogens is 4. The Kier molecular flexibility index (Phi) is 2.89. The minimum Gasteiger partial charge on any atom is -0.383 e. The number of benzene rings is 1. The van der Waals surface area contributed by atoms with Crippen molar-refractivity contribution in [3.8, 4) is 11.1 Å². The summed E-state index contributed by atoms with van der Waals surface area (Å²) < 4.78 is 10.4. The molecule has 0 saturated heterocycles. The molecule has 5 rings (SSSR count). The lowest BCUT2D eigenvalue weighted by molar-refractivity contribution is 0.625. The Morgan fingerprint density at radius 2 is 2.08 bits per heavy atom. The van der Waals surface area contributed by atoms with Crippen molar-refractivity contribution in [3.05, 3.63) is 54.6 Å². The van der Waals surface area contributed by atoms with Gasteiger partial charge in [-0.25, -0.2) is 9.97 Å². The van der Waals surface area contributed by atoms with Crippen LogP contribution in [0.15, 0.2) is 48.9 Å². The fourth-order valence-corrected chi connectivity index (χ4v) is 3.76. The van der Waals surface area contributed by atoms with E-state index in [2.05, 4.69) is 21.0 Å². The summed E-state index contributed by atoms with van der Waals surface area (Å²) >= 11 is 0. The molecule has 128 valence electrons. The number of allylic oxidation sites excluding steroid dienone is 1. The third-order valence-electron chi connectivity index (χ3n) is 4.83. The molecule has 1 aromatic carbocycles. The molecule has 0 spiro atoms. The maximum Gasteiger partial charge on any atom is 0.146 e. The fraction of sp³-hybridized carbons (Fsp3) is 0.150. The van der Waals surface area contributed by atoms with Crippen LogP contribution in [0.2, 0.25) is 0 Å². The number of nitrogens with two attached hydrogens (primary N) is 2. The van der Waals surface area contributed by atoms with E-state index >= 15 is 0 Å². The zero-order valence-electron chi connectivity index (χ0n) is 15.2. The Hall–Kier alpha value is -3.25. The molecule has 26 heavy (non-hydrogen) atoms. The average molecular weight is 343 g/mol. The zero-order valence-corrected chi connectivity index (χ0v) is 14.2. The van der Waals surface area contributed by atoms with Gasteiger partial charge in [-0.05, 0) is 24.6 Å². The lowest BCUT2D eigenvalue weighted by atomic mass is 9.97. The molecule has 0 fully saturated rings. The van der Waals surface area contributed by atoms with Crippen molar-refractivity contribution in [2.75, 3.05) is 5.73 Å². The number of hydrogen-bond donors (Lipinski definition) is 2. The molecule has 4 aromatic rings. The van der Waals surface area contributed by atoms with Gasteiger partial charge in [0, 0.05) is 35.3 Å². The predicted octanol–water partition coefficient (Wildman–Crippen LogP) is 2.97. The number of para-hydroxylation sites is 1. The Bertz CT molecular complexity index is 1240. The number of nitrogens with zero attached hydrogens (tertiary/aromatic N) is 4. The second kappa shape index (κ2) is 5.37. The summed E-state index contributed by atoms with van der Waals surface area (Å²) in [5.74, 6) is 0.388. The van der Waals surface area contributed by atoms with E-state index < -0.39 is 12.6 Å². The van der Waals surface area contributed by atoms with Crippen LogP contribution in [-0.4, -0.2) is 25.6 Å². The third kappa shape index (κ3) is 2.06. The van der Waals surface area contributed by atoms with Gasteiger partial charge in [0.2, 0.25) is 0 Å². The first-order valence-electron chi connectivity index (χ1n) is 9.00. The van der Waals surface area contributed by atoms with Crippen molar-refractivity contribution < 1.29 is 1.37 Å². The summed E-state index contributed by atoms with van der Waals surface area (Å²) in [7, 11) is 0. The topological polar surface area (TPSA) is 95.6 Å². The molecule has 4 N–H and O–H groups in total. The highest BCUT2D eigenvalue weighted by Gasteiger charge is 2.26. The molecule has 4 heterocycles. The Labute approximate surface area is 151 Å². The van der Waals surface area contributed by atoms with Gasteiger partial charge in [0.25, 0.3) is 0 Å². The molecular weight excluding hydrogens is 324 g/mol. The molecule has 6 heteroatoms. The summed E-state index contributed by atoms with van der Waals surface area (Å²) in [6, 6.07) is 9.64. The average Bonchev–Trinajstić information content (AvgIpc) is 3.03. The number of pyridine rings is 1. The molecule has 0 aliphatic carbocycles. The molecule has 1 aliphatic rings. The van der Waals surface area contributed by atoms with Crippen LogP contribution in [0, 0.1) is 0 Å². The van der Waals surface area contributed by atoms with Crippen LogP contribution in [-0.2, 0) is 6.52 Å². The van der Waals surface area contributed by atoms with Crippen molar-refractivity contribution in [1.82, 2.24) is 19.5 Å². The van der Waals surface area contributed by atoms with Crippen molar-refractivity contribution >= 4 is 33.3 Å². The second-order valence-corrected chi connectivity index (χ2v) is 6.54. The quantitative estimate of drug-likeness (QED) is 0.554. The number of nitrogen functional groups attached to an aromatic ring is 1. The van der Waals surface area contributed by atoms with E-state index in [-0.39, 0.29) is 0 Å². The first-order valence-corrected chi connectivity index (χ1v) is 8.42. The number of anilines is 1. The lowest BCUT2D eigenvalue weighted by Crippen LogP contribution is -2.28. The van der Waals surface area contributed by atoms with E-state index in [9.17, 15) is 0 Å². The van der Waals surface area contributed by atoms with Crippen LogP contribution in [0.5, 0.6) is 0 Å². The highest BCUT2D eigenvalue weighted by atomic mass is 15.1. The number of fused-ring (bicyclic) bond motifs is 4. The van der Waals surface area contributed by atoms with Crippen LogP contribution in [0.3, 0.4) is 0 Å². The molecule has 3 aromatic heterocycles. The molecule has 1 aliphatic heterocycles. The summed E-state index contributed by atoms with van der Waals surface area (Å²) in [5.41, 5.74) is 17.7. The molecule has 0 radical (unpaired) electrons. The third-order valence-corrected chi connectivity index (χ3v) is 4.83. The van der Waals surface area contributed by atoms with Gasteiger partial charge in [0.05, 0.1) is 18.0 Å². The molecular formula is C20H18N6. The summed E-state index contributed by atoms with van der Waals surface area (Å²) in [6.45, 7) is 1.32. The maximum atomic E-state index is 8.59. The largest absolute Gasteiger partial charge is 0.383 e. The standard InChI is InChI=1S/C20H18N6/c1-11-6-14(21)9-26-18(11)16(17-19(22)24-10-25-20(17)26)13-7-12-4-2-3-5-15(12)23-8-13/h2-8,10,14H,9,21H2,1H3,(H2,22,24,25)/t14-/m0/s1/i9D/t9?,14-.